The number of nitrogens with zero attached hydrogens (tertiary/aromatic N) is 3. The van der Waals surface area contributed by atoms with Gasteiger partial charge in [-0.15, -0.1) is 0 Å². The second-order valence-electron chi connectivity index (χ2n) is 5.57. The van der Waals surface area contributed by atoms with E-state index < -0.39 is 17.8 Å². The average molecular weight is 291 g/mol. The number of carbonyl (C=O) groups is 2. The van der Waals surface area contributed by atoms with Crippen LogP contribution in [0.1, 0.15) is 19.3 Å². The minimum atomic E-state index is -0.884. The van der Waals surface area contributed by atoms with Gasteiger partial charge in [-0.3, -0.25) is 14.5 Å². The van der Waals surface area contributed by atoms with Gasteiger partial charge in [0, 0.05) is 39.1 Å². The van der Waals surface area contributed by atoms with Crippen molar-refractivity contribution in [3.8, 4) is 6.07 Å². The third kappa shape index (κ3) is 3.82. The minimum absolute atomic E-state index is 0.0355. The summed E-state index contributed by atoms with van der Waals surface area (Å²) in [6.07, 6.45) is 5.22. The summed E-state index contributed by atoms with van der Waals surface area (Å²) < 4.78 is 0. The number of amides is 1. The highest BCUT2D eigenvalue weighted by molar-refractivity contribution is 5.85. The Balaban J connectivity index is 1.90. The molecular weight excluding hydrogens is 270 g/mol. The van der Waals surface area contributed by atoms with Crippen molar-refractivity contribution in [1.29, 1.82) is 5.26 Å². The second-order valence-corrected chi connectivity index (χ2v) is 5.57. The summed E-state index contributed by atoms with van der Waals surface area (Å²) in [7, 11) is 0. The Morgan fingerprint density at radius 2 is 1.76 bits per heavy atom. The lowest BCUT2D eigenvalue weighted by atomic mass is 9.82. The molecular formula is C15H21N3O3. The number of carboxylic acids is 1. The van der Waals surface area contributed by atoms with Crippen LogP contribution < -0.4 is 0 Å². The summed E-state index contributed by atoms with van der Waals surface area (Å²) in [5.74, 6) is -1.95. The molecule has 0 aromatic rings. The maximum Gasteiger partial charge on any atom is 0.307 e. The number of rotatable bonds is 4. The fraction of sp³-hybridized carbons (Fsp3) is 0.667. The Morgan fingerprint density at radius 3 is 2.33 bits per heavy atom. The molecule has 21 heavy (non-hydrogen) atoms. The Hall–Kier alpha value is -1.87. The molecule has 1 fully saturated rings. The third-order valence-electron chi connectivity index (χ3n) is 4.29. The predicted octanol–water partition coefficient (Wildman–Crippen LogP) is 0.711. The van der Waals surface area contributed by atoms with Crippen molar-refractivity contribution in [2.45, 2.75) is 19.3 Å². The molecule has 1 saturated heterocycles. The van der Waals surface area contributed by atoms with Crippen LogP contribution in [-0.2, 0) is 9.59 Å². The molecule has 0 aromatic heterocycles. The largest absolute Gasteiger partial charge is 0.481 e. The minimum Gasteiger partial charge on any atom is -0.481 e. The summed E-state index contributed by atoms with van der Waals surface area (Å²) in [4.78, 5) is 27.8. The first-order chi connectivity index (χ1) is 10.1. The number of carbonyl (C=O) groups excluding carboxylic acids is 1. The van der Waals surface area contributed by atoms with Gasteiger partial charge in [-0.2, -0.15) is 5.26 Å². The highest BCUT2D eigenvalue weighted by Crippen LogP contribution is 2.28. The summed E-state index contributed by atoms with van der Waals surface area (Å²) in [6, 6.07) is 2.12. The van der Waals surface area contributed by atoms with Gasteiger partial charge in [0.15, 0.2) is 0 Å². The van der Waals surface area contributed by atoms with E-state index in [4.69, 9.17) is 5.26 Å². The van der Waals surface area contributed by atoms with Crippen molar-refractivity contribution in [1.82, 2.24) is 9.80 Å². The molecule has 1 heterocycles. The third-order valence-corrected chi connectivity index (χ3v) is 4.29. The van der Waals surface area contributed by atoms with Crippen LogP contribution in [-0.4, -0.2) is 59.5 Å². The predicted molar refractivity (Wildman–Crippen MR) is 76.2 cm³/mol. The number of carboxylic acid groups (broad SMARTS) is 1. The maximum absolute atomic E-state index is 12.5. The van der Waals surface area contributed by atoms with Gasteiger partial charge < -0.3 is 10.0 Å². The van der Waals surface area contributed by atoms with Crippen LogP contribution in [0.3, 0.4) is 0 Å². The fourth-order valence-corrected chi connectivity index (χ4v) is 2.99. The smallest absolute Gasteiger partial charge is 0.307 e. The van der Waals surface area contributed by atoms with Crippen LogP contribution in [0.4, 0.5) is 0 Å². The Bertz CT molecular complexity index is 461. The quantitative estimate of drug-likeness (QED) is 0.771. The van der Waals surface area contributed by atoms with E-state index in [9.17, 15) is 14.7 Å². The molecule has 0 radical (unpaired) electrons. The van der Waals surface area contributed by atoms with E-state index >= 15 is 0 Å². The van der Waals surface area contributed by atoms with Crippen molar-refractivity contribution in [2.24, 2.45) is 11.8 Å². The topological polar surface area (TPSA) is 84.6 Å². The molecule has 1 aliphatic carbocycles. The van der Waals surface area contributed by atoms with E-state index in [1.54, 1.807) is 4.90 Å². The van der Waals surface area contributed by atoms with Gasteiger partial charge in [0.25, 0.3) is 0 Å². The van der Waals surface area contributed by atoms with E-state index in [1.165, 1.54) is 0 Å². The summed E-state index contributed by atoms with van der Waals surface area (Å²) in [5.41, 5.74) is 0. The van der Waals surface area contributed by atoms with Gasteiger partial charge in [-0.1, -0.05) is 12.2 Å². The molecule has 0 spiro atoms. The van der Waals surface area contributed by atoms with Crippen LogP contribution in [0, 0.1) is 23.2 Å². The number of allylic oxidation sites excluding steroid dienone is 2. The number of nitriles is 1. The monoisotopic (exact) mass is 291 g/mol. The van der Waals surface area contributed by atoms with Gasteiger partial charge >= 0.3 is 5.97 Å². The van der Waals surface area contributed by atoms with Crippen LogP contribution >= 0.6 is 0 Å². The van der Waals surface area contributed by atoms with Crippen LogP contribution in [0.5, 0.6) is 0 Å². The zero-order valence-corrected chi connectivity index (χ0v) is 12.1. The highest BCUT2D eigenvalue weighted by atomic mass is 16.4. The first kappa shape index (κ1) is 15.5. The zero-order chi connectivity index (χ0) is 15.2. The van der Waals surface area contributed by atoms with Gasteiger partial charge in [-0.25, -0.2) is 0 Å². The molecule has 0 bridgehead atoms. The number of aliphatic carboxylic acids is 1. The maximum atomic E-state index is 12.5. The molecule has 1 amide bonds. The first-order valence-electron chi connectivity index (χ1n) is 7.39. The van der Waals surface area contributed by atoms with E-state index in [0.29, 0.717) is 32.4 Å². The van der Waals surface area contributed by atoms with Crippen LogP contribution in [0.2, 0.25) is 0 Å². The molecule has 2 rings (SSSR count). The molecule has 0 unspecified atom stereocenters. The SMILES string of the molecule is N#CCCN1CCN(C(=O)[C@@H]2CC=CC[C@@H]2C(=O)O)CC1. The molecule has 6 heteroatoms. The van der Waals surface area contributed by atoms with Crippen molar-refractivity contribution in [2.75, 3.05) is 32.7 Å². The van der Waals surface area contributed by atoms with Gasteiger partial charge in [-0.05, 0) is 12.8 Å². The lowest BCUT2D eigenvalue weighted by Gasteiger charge is -2.37. The average Bonchev–Trinajstić information content (AvgIpc) is 2.52. The molecule has 114 valence electrons. The van der Waals surface area contributed by atoms with Crippen LogP contribution in [0.25, 0.3) is 0 Å². The lowest BCUT2D eigenvalue weighted by Crippen LogP contribution is -2.51. The lowest BCUT2D eigenvalue weighted by molar-refractivity contribution is -0.151. The van der Waals surface area contributed by atoms with E-state index in [-0.39, 0.29) is 5.91 Å². The van der Waals surface area contributed by atoms with Crippen molar-refractivity contribution in [3.63, 3.8) is 0 Å². The summed E-state index contributed by atoms with van der Waals surface area (Å²) in [6.45, 7) is 3.50. The molecule has 2 atom stereocenters. The van der Waals surface area contributed by atoms with E-state index in [1.807, 2.05) is 12.2 Å². The fourth-order valence-electron chi connectivity index (χ4n) is 2.99. The summed E-state index contributed by atoms with van der Waals surface area (Å²) in [5, 5.41) is 17.8. The van der Waals surface area contributed by atoms with E-state index in [0.717, 1.165) is 19.6 Å². The van der Waals surface area contributed by atoms with Gasteiger partial charge in [0.05, 0.1) is 17.9 Å². The van der Waals surface area contributed by atoms with Gasteiger partial charge in [0.1, 0.15) is 0 Å². The zero-order valence-electron chi connectivity index (χ0n) is 12.1. The normalized spacial score (nSPS) is 26.3. The molecule has 1 N–H and O–H groups in total. The van der Waals surface area contributed by atoms with Gasteiger partial charge in [0.2, 0.25) is 5.91 Å². The number of hydrogen-bond donors (Lipinski definition) is 1. The Labute approximate surface area is 124 Å². The molecule has 2 aliphatic rings. The van der Waals surface area contributed by atoms with Crippen LogP contribution in [0.15, 0.2) is 12.2 Å². The number of hydrogen-bond acceptors (Lipinski definition) is 4. The van der Waals surface area contributed by atoms with Crippen molar-refractivity contribution in [3.05, 3.63) is 12.2 Å². The van der Waals surface area contributed by atoms with E-state index in [2.05, 4.69) is 11.0 Å². The highest BCUT2D eigenvalue weighted by Gasteiger charge is 2.37. The molecule has 0 saturated carbocycles. The Kier molecular flexibility index (Phi) is 5.34. The standard InChI is InChI=1S/C15H21N3O3/c16-6-3-7-17-8-10-18(11-9-17)14(19)12-4-1-2-5-13(12)15(20)21/h1-2,12-13H,3-5,7-11H2,(H,20,21)/t12-,13+/m1/s1. The summed E-state index contributed by atoms with van der Waals surface area (Å²) >= 11 is 0. The van der Waals surface area contributed by atoms with Crippen molar-refractivity contribution >= 4 is 11.9 Å². The molecule has 0 aromatic carbocycles. The molecule has 6 nitrogen and oxygen atoms in total. The first-order valence-corrected chi connectivity index (χ1v) is 7.39. The number of piperazine rings is 1. The Morgan fingerprint density at radius 1 is 1.14 bits per heavy atom. The second kappa shape index (κ2) is 7.23. The van der Waals surface area contributed by atoms with Crippen molar-refractivity contribution < 1.29 is 14.7 Å². The molecule has 1 aliphatic heterocycles.